The number of rotatable bonds is 3. The van der Waals surface area contributed by atoms with Crippen LogP contribution in [-0.4, -0.2) is 30.6 Å². The Morgan fingerprint density at radius 3 is 2.70 bits per heavy atom. The van der Waals surface area contributed by atoms with E-state index in [1.54, 1.807) is 6.07 Å². The molecule has 0 spiro atoms. The second-order valence-corrected chi connectivity index (χ2v) is 6.31. The molecule has 0 bridgehead atoms. The van der Waals surface area contributed by atoms with Crippen molar-refractivity contribution < 1.29 is 4.39 Å². The third-order valence-corrected chi connectivity index (χ3v) is 5.12. The van der Waals surface area contributed by atoms with Gasteiger partial charge in [-0.15, -0.1) is 0 Å². The van der Waals surface area contributed by atoms with Gasteiger partial charge in [0.25, 0.3) is 0 Å². The van der Waals surface area contributed by atoms with Crippen molar-refractivity contribution in [1.29, 1.82) is 0 Å². The van der Waals surface area contributed by atoms with Crippen LogP contribution in [0, 0.1) is 11.7 Å². The monoisotopic (exact) mass is 276 g/mol. The minimum Gasteiger partial charge on any atom is -0.314 e. The molecule has 2 fully saturated rings. The molecule has 3 heteroatoms. The molecule has 0 saturated carbocycles. The molecule has 1 N–H and O–H groups in total. The Morgan fingerprint density at radius 2 is 2.05 bits per heavy atom. The van der Waals surface area contributed by atoms with Gasteiger partial charge >= 0.3 is 0 Å². The third kappa shape index (κ3) is 3.04. The Kier molecular flexibility index (Phi) is 4.37. The van der Waals surface area contributed by atoms with Crippen molar-refractivity contribution in [3.05, 3.63) is 35.6 Å². The number of nitrogens with zero attached hydrogens (tertiary/aromatic N) is 1. The molecule has 1 aromatic rings. The van der Waals surface area contributed by atoms with E-state index in [0.717, 1.165) is 30.6 Å². The Hall–Kier alpha value is -0.930. The van der Waals surface area contributed by atoms with Crippen LogP contribution in [-0.2, 0) is 0 Å². The number of piperidine rings is 1. The van der Waals surface area contributed by atoms with Crippen molar-refractivity contribution in [3.8, 4) is 0 Å². The van der Waals surface area contributed by atoms with Crippen molar-refractivity contribution in [2.45, 2.75) is 44.7 Å². The zero-order valence-corrected chi connectivity index (χ0v) is 12.3. The van der Waals surface area contributed by atoms with Crippen LogP contribution in [0.1, 0.15) is 44.2 Å². The van der Waals surface area contributed by atoms with E-state index in [9.17, 15) is 4.39 Å². The van der Waals surface area contributed by atoms with Gasteiger partial charge in [0.15, 0.2) is 0 Å². The van der Waals surface area contributed by atoms with Gasteiger partial charge < -0.3 is 5.32 Å². The molecule has 110 valence electrons. The van der Waals surface area contributed by atoms with Crippen molar-refractivity contribution in [2.75, 3.05) is 19.6 Å². The van der Waals surface area contributed by atoms with Gasteiger partial charge in [-0.25, -0.2) is 4.39 Å². The summed E-state index contributed by atoms with van der Waals surface area (Å²) in [6.07, 6.45) is 5.24. The van der Waals surface area contributed by atoms with E-state index in [2.05, 4.69) is 17.1 Å². The van der Waals surface area contributed by atoms with Gasteiger partial charge in [-0.1, -0.05) is 12.1 Å². The van der Waals surface area contributed by atoms with E-state index < -0.39 is 0 Å². The van der Waals surface area contributed by atoms with Crippen LogP contribution in [0.15, 0.2) is 24.3 Å². The fourth-order valence-corrected chi connectivity index (χ4v) is 3.80. The SMILES string of the molecule is CC(c1cccc(F)c1)N1CCC(C2CCCN2)CC1. The number of hydrogen-bond acceptors (Lipinski definition) is 2. The smallest absolute Gasteiger partial charge is 0.123 e. The molecule has 1 aromatic carbocycles. The molecule has 2 nitrogen and oxygen atoms in total. The number of likely N-dealkylation sites (tertiary alicyclic amines) is 1. The normalized spacial score (nSPS) is 26.8. The van der Waals surface area contributed by atoms with Crippen LogP contribution in [0.2, 0.25) is 0 Å². The average molecular weight is 276 g/mol. The molecule has 2 saturated heterocycles. The van der Waals surface area contributed by atoms with Crippen LogP contribution in [0.4, 0.5) is 4.39 Å². The van der Waals surface area contributed by atoms with E-state index in [0.29, 0.717) is 6.04 Å². The molecule has 2 aliphatic rings. The van der Waals surface area contributed by atoms with E-state index >= 15 is 0 Å². The van der Waals surface area contributed by atoms with Crippen molar-refractivity contribution in [2.24, 2.45) is 5.92 Å². The zero-order chi connectivity index (χ0) is 13.9. The molecule has 0 radical (unpaired) electrons. The summed E-state index contributed by atoms with van der Waals surface area (Å²) in [6, 6.07) is 8.13. The van der Waals surface area contributed by atoms with Gasteiger partial charge in [-0.05, 0) is 75.9 Å². The van der Waals surface area contributed by atoms with Crippen LogP contribution >= 0.6 is 0 Å². The predicted molar refractivity (Wildman–Crippen MR) is 80.1 cm³/mol. The lowest BCUT2D eigenvalue weighted by molar-refractivity contribution is 0.126. The van der Waals surface area contributed by atoms with Gasteiger partial charge in [-0.3, -0.25) is 4.90 Å². The average Bonchev–Trinajstić information content (AvgIpc) is 3.01. The number of benzene rings is 1. The third-order valence-electron chi connectivity index (χ3n) is 5.12. The van der Waals surface area contributed by atoms with Gasteiger partial charge in [0.2, 0.25) is 0 Å². The van der Waals surface area contributed by atoms with E-state index in [4.69, 9.17) is 0 Å². The minimum atomic E-state index is -0.126. The lowest BCUT2D eigenvalue weighted by Crippen LogP contribution is -2.41. The molecule has 3 rings (SSSR count). The molecule has 0 aliphatic carbocycles. The highest BCUT2D eigenvalue weighted by Gasteiger charge is 2.30. The van der Waals surface area contributed by atoms with Gasteiger partial charge in [0.1, 0.15) is 5.82 Å². The standard InChI is InChI=1S/C17H25FN2/c1-13(15-4-2-5-16(18)12-15)20-10-7-14(8-11-20)17-6-3-9-19-17/h2,4-5,12-14,17,19H,3,6-11H2,1H3. The lowest BCUT2D eigenvalue weighted by Gasteiger charge is -2.38. The highest BCUT2D eigenvalue weighted by molar-refractivity contribution is 5.19. The molecule has 2 aliphatic heterocycles. The number of nitrogens with one attached hydrogen (secondary N) is 1. The summed E-state index contributed by atoms with van der Waals surface area (Å²) < 4.78 is 13.3. The highest BCUT2D eigenvalue weighted by atomic mass is 19.1. The molecule has 0 aromatic heterocycles. The summed E-state index contributed by atoms with van der Waals surface area (Å²) in [7, 11) is 0. The van der Waals surface area contributed by atoms with Gasteiger partial charge in [0, 0.05) is 12.1 Å². The maximum atomic E-state index is 13.3. The molecule has 0 amide bonds. The fourth-order valence-electron chi connectivity index (χ4n) is 3.80. The second kappa shape index (κ2) is 6.23. The summed E-state index contributed by atoms with van der Waals surface area (Å²) in [5.74, 6) is 0.716. The Bertz CT molecular complexity index is 434. The van der Waals surface area contributed by atoms with Crippen molar-refractivity contribution in [3.63, 3.8) is 0 Å². The van der Waals surface area contributed by atoms with E-state index in [1.807, 2.05) is 12.1 Å². The van der Waals surface area contributed by atoms with Crippen LogP contribution in [0.5, 0.6) is 0 Å². The predicted octanol–water partition coefficient (Wildman–Crippen LogP) is 3.35. The fraction of sp³-hybridized carbons (Fsp3) is 0.647. The van der Waals surface area contributed by atoms with Crippen LogP contribution < -0.4 is 5.32 Å². The Balaban J connectivity index is 1.57. The summed E-state index contributed by atoms with van der Waals surface area (Å²) in [5.41, 5.74) is 1.10. The van der Waals surface area contributed by atoms with Crippen molar-refractivity contribution in [1.82, 2.24) is 10.2 Å². The minimum absolute atomic E-state index is 0.126. The first-order valence-electron chi connectivity index (χ1n) is 7.97. The number of hydrogen-bond donors (Lipinski definition) is 1. The second-order valence-electron chi connectivity index (χ2n) is 6.31. The zero-order valence-electron chi connectivity index (χ0n) is 12.3. The van der Waals surface area contributed by atoms with E-state index in [1.165, 1.54) is 38.3 Å². The van der Waals surface area contributed by atoms with Gasteiger partial charge in [0.05, 0.1) is 0 Å². The molecule has 2 atom stereocenters. The lowest BCUT2D eigenvalue weighted by atomic mass is 9.87. The first-order chi connectivity index (χ1) is 9.74. The largest absolute Gasteiger partial charge is 0.314 e. The molecular weight excluding hydrogens is 251 g/mol. The van der Waals surface area contributed by atoms with Crippen LogP contribution in [0.3, 0.4) is 0 Å². The quantitative estimate of drug-likeness (QED) is 0.911. The topological polar surface area (TPSA) is 15.3 Å². The maximum absolute atomic E-state index is 13.3. The van der Waals surface area contributed by atoms with Gasteiger partial charge in [-0.2, -0.15) is 0 Å². The van der Waals surface area contributed by atoms with Crippen molar-refractivity contribution >= 4 is 0 Å². The summed E-state index contributed by atoms with van der Waals surface area (Å²) in [4.78, 5) is 2.50. The first kappa shape index (κ1) is 14.0. The molecule has 2 unspecified atom stereocenters. The molecular formula is C17H25FN2. The first-order valence-corrected chi connectivity index (χ1v) is 7.97. The number of halogens is 1. The maximum Gasteiger partial charge on any atom is 0.123 e. The Morgan fingerprint density at radius 1 is 1.25 bits per heavy atom. The molecule has 2 heterocycles. The summed E-state index contributed by atoms with van der Waals surface area (Å²) in [6.45, 7) is 5.68. The van der Waals surface area contributed by atoms with Crippen LogP contribution in [0.25, 0.3) is 0 Å². The Labute approximate surface area is 121 Å². The molecule has 20 heavy (non-hydrogen) atoms. The van der Waals surface area contributed by atoms with E-state index in [-0.39, 0.29) is 5.82 Å². The summed E-state index contributed by atoms with van der Waals surface area (Å²) in [5, 5.41) is 3.64. The highest BCUT2D eigenvalue weighted by Crippen LogP contribution is 2.30. The summed E-state index contributed by atoms with van der Waals surface area (Å²) >= 11 is 0.